The van der Waals surface area contributed by atoms with E-state index < -0.39 is 11.7 Å². The summed E-state index contributed by atoms with van der Waals surface area (Å²) in [5.41, 5.74) is 1.91. The molecule has 0 saturated carbocycles. The average Bonchev–Trinajstić information content (AvgIpc) is 2.89. The summed E-state index contributed by atoms with van der Waals surface area (Å²) < 4.78 is 38.8. The zero-order chi connectivity index (χ0) is 15.9. The summed E-state index contributed by atoms with van der Waals surface area (Å²) >= 11 is 1.27. The maximum absolute atomic E-state index is 12.7. The van der Waals surface area contributed by atoms with Crippen molar-refractivity contribution in [2.45, 2.75) is 6.18 Å². The molecule has 0 spiro atoms. The third kappa shape index (κ3) is 2.78. The number of halogens is 3. The molecule has 3 aromatic rings. The van der Waals surface area contributed by atoms with E-state index in [9.17, 15) is 13.2 Å². The van der Waals surface area contributed by atoms with E-state index in [1.807, 2.05) is 43.3 Å². The molecule has 0 amide bonds. The number of benzene rings is 2. The third-order valence-electron chi connectivity index (χ3n) is 3.35. The minimum Gasteiger partial charge on any atom is -0.378 e. The highest BCUT2D eigenvalue weighted by Gasteiger charge is 2.30. The number of anilines is 1. The Morgan fingerprint density at radius 3 is 2.27 bits per heavy atom. The van der Waals surface area contributed by atoms with Crippen LogP contribution in [0.4, 0.5) is 18.9 Å². The van der Waals surface area contributed by atoms with Crippen molar-refractivity contribution in [1.29, 1.82) is 0 Å². The quantitative estimate of drug-likeness (QED) is 0.656. The van der Waals surface area contributed by atoms with Gasteiger partial charge in [-0.05, 0) is 42.5 Å². The van der Waals surface area contributed by atoms with E-state index in [0.717, 1.165) is 28.4 Å². The summed E-state index contributed by atoms with van der Waals surface area (Å²) in [6, 6.07) is 11.4. The van der Waals surface area contributed by atoms with Gasteiger partial charge in [-0.15, -0.1) is 11.3 Å². The number of hydrogen-bond acceptors (Lipinski definition) is 3. The molecule has 0 atom stereocenters. The van der Waals surface area contributed by atoms with Gasteiger partial charge in [-0.25, -0.2) is 4.98 Å². The number of hydrogen-bond donors (Lipinski definition) is 0. The van der Waals surface area contributed by atoms with E-state index in [0.29, 0.717) is 10.2 Å². The molecule has 2 nitrogen and oxygen atoms in total. The Labute approximate surface area is 129 Å². The monoisotopic (exact) mass is 322 g/mol. The third-order valence-corrected chi connectivity index (χ3v) is 4.41. The van der Waals surface area contributed by atoms with Crippen molar-refractivity contribution in [2.24, 2.45) is 0 Å². The predicted molar refractivity (Wildman–Crippen MR) is 84.4 cm³/mol. The zero-order valence-corrected chi connectivity index (χ0v) is 12.8. The molecule has 0 aliphatic carbocycles. The van der Waals surface area contributed by atoms with E-state index >= 15 is 0 Å². The highest BCUT2D eigenvalue weighted by atomic mass is 32.1. The minimum atomic E-state index is -4.33. The zero-order valence-electron chi connectivity index (χ0n) is 12.0. The second kappa shape index (κ2) is 5.28. The maximum atomic E-state index is 12.7. The Hall–Kier alpha value is -2.08. The van der Waals surface area contributed by atoms with Crippen molar-refractivity contribution in [2.75, 3.05) is 19.0 Å². The van der Waals surface area contributed by atoms with Gasteiger partial charge in [0.05, 0.1) is 15.8 Å². The van der Waals surface area contributed by atoms with Gasteiger partial charge in [0.2, 0.25) is 0 Å². The molecule has 1 heterocycles. The van der Waals surface area contributed by atoms with E-state index in [4.69, 9.17) is 0 Å². The Kier molecular flexibility index (Phi) is 3.56. The summed E-state index contributed by atoms with van der Waals surface area (Å²) in [5, 5.41) is 0.722. The topological polar surface area (TPSA) is 16.1 Å². The normalized spacial score (nSPS) is 11.9. The van der Waals surface area contributed by atoms with Gasteiger partial charge in [0.1, 0.15) is 5.01 Å². The summed E-state index contributed by atoms with van der Waals surface area (Å²) in [5.74, 6) is 0. The van der Waals surface area contributed by atoms with Crippen LogP contribution >= 0.6 is 11.3 Å². The summed E-state index contributed by atoms with van der Waals surface area (Å²) in [6.45, 7) is 0. The Morgan fingerprint density at radius 2 is 1.68 bits per heavy atom. The van der Waals surface area contributed by atoms with Crippen LogP contribution in [-0.4, -0.2) is 19.1 Å². The molecule has 0 fully saturated rings. The van der Waals surface area contributed by atoms with E-state index in [1.165, 1.54) is 17.4 Å². The molecule has 2 aromatic carbocycles. The Balaban J connectivity index is 2.01. The highest BCUT2D eigenvalue weighted by molar-refractivity contribution is 7.21. The van der Waals surface area contributed by atoms with Crippen LogP contribution in [0, 0.1) is 0 Å². The van der Waals surface area contributed by atoms with E-state index in [1.54, 1.807) is 0 Å². The molecule has 0 aliphatic rings. The molecule has 0 saturated heterocycles. The first-order valence-electron chi connectivity index (χ1n) is 6.60. The molecular weight excluding hydrogens is 309 g/mol. The van der Waals surface area contributed by atoms with Crippen molar-refractivity contribution >= 4 is 27.2 Å². The SMILES string of the molecule is CN(C)c1ccc(-c2nc3ccc(C(F)(F)F)cc3s2)cc1. The largest absolute Gasteiger partial charge is 0.416 e. The van der Waals surface area contributed by atoms with E-state index in [-0.39, 0.29) is 0 Å². The molecule has 1 aromatic heterocycles. The maximum Gasteiger partial charge on any atom is 0.416 e. The van der Waals surface area contributed by atoms with Crippen molar-refractivity contribution < 1.29 is 13.2 Å². The van der Waals surface area contributed by atoms with Crippen LogP contribution in [0.2, 0.25) is 0 Å². The molecule has 22 heavy (non-hydrogen) atoms. The van der Waals surface area contributed by atoms with Crippen molar-refractivity contribution in [3.8, 4) is 10.6 Å². The number of nitrogens with zero attached hydrogens (tertiary/aromatic N) is 2. The van der Waals surface area contributed by atoms with Crippen LogP contribution in [0.3, 0.4) is 0 Å². The van der Waals surface area contributed by atoms with Crippen LogP contribution in [0.5, 0.6) is 0 Å². The van der Waals surface area contributed by atoms with Gasteiger partial charge in [0, 0.05) is 25.3 Å². The van der Waals surface area contributed by atoms with E-state index in [2.05, 4.69) is 4.98 Å². The summed E-state index contributed by atoms with van der Waals surface area (Å²) in [6.07, 6.45) is -4.33. The average molecular weight is 322 g/mol. The van der Waals surface area contributed by atoms with Gasteiger partial charge in [-0.3, -0.25) is 0 Å². The minimum absolute atomic E-state index is 0.543. The van der Waals surface area contributed by atoms with Crippen molar-refractivity contribution in [3.05, 3.63) is 48.0 Å². The fraction of sp³-hybridized carbons (Fsp3) is 0.188. The molecule has 3 rings (SSSR count). The van der Waals surface area contributed by atoms with Crippen LogP contribution in [0.25, 0.3) is 20.8 Å². The molecule has 0 aliphatic heterocycles. The smallest absolute Gasteiger partial charge is 0.378 e. The van der Waals surface area contributed by atoms with Crippen molar-refractivity contribution in [3.63, 3.8) is 0 Å². The van der Waals surface area contributed by atoms with Gasteiger partial charge in [-0.1, -0.05) is 0 Å². The second-order valence-corrected chi connectivity index (χ2v) is 6.17. The molecule has 0 radical (unpaired) electrons. The highest BCUT2D eigenvalue weighted by Crippen LogP contribution is 2.35. The molecule has 0 N–H and O–H groups in total. The van der Waals surface area contributed by atoms with Crippen molar-refractivity contribution in [1.82, 2.24) is 4.98 Å². The van der Waals surface area contributed by atoms with Crippen LogP contribution in [0.1, 0.15) is 5.56 Å². The van der Waals surface area contributed by atoms with Crippen LogP contribution in [0.15, 0.2) is 42.5 Å². The molecular formula is C16H13F3N2S. The van der Waals surface area contributed by atoms with Gasteiger partial charge in [-0.2, -0.15) is 13.2 Å². The lowest BCUT2D eigenvalue weighted by atomic mass is 10.2. The molecule has 0 unspecified atom stereocenters. The number of fused-ring (bicyclic) bond motifs is 1. The summed E-state index contributed by atoms with van der Waals surface area (Å²) in [7, 11) is 3.90. The molecule has 0 bridgehead atoms. The Bertz CT molecular complexity index is 804. The first-order chi connectivity index (χ1) is 10.3. The lowest BCUT2D eigenvalue weighted by molar-refractivity contribution is -0.137. The second-order valence-electron chi connectivity index (χ2n) is 5.14. The fourth-order valence-corrected chi connectivity index (χ4v) is 3.14. The lowest BCUT2D eigenvalue weighted by Gasteiger charge is -2.11. The van der Waals surface area contributed by atoms with Gasteiger partial charge in [0.25, 0.3) is 0 Å². The molecule has 6 heteroatoms. The first-order valence-corrected chi connectivity index (χ1v) is 7.42. The van der Waals surface area contributed by atoms with Gasteiger partial charge >= 0.3 is 6.18 Å². The standard InChI is InChI=1S/C16H13F3N2S/c1-21(2)12-6-3-10(4-7-12)15-20-13-8-5-11(16(17,18)19)9-14(13)22-15/h3-9H,1-2H3. The van der Waals surface area contributed by atoms with Crippen LogP contribution < -0.4 is 4.90 Å². The van der Waals surface area contributed by atoms with Gasteiger partial charge in [0.15, 0.2) is 0 Å². The number of aromatic nitrogens is 1. The lowest BCUT2D eigenvalue weighted by Crippen LogP contribution is -2.07. The Morgan fingerprint density at radius 1 is 1.00 bits per heavy atom. The predicted octanol–water partition coefficient (Wildman–Crippen LogP) is 5.05. The number of thiazole rings is 1. The summed E-state index contributed by atoms with van der Waals surface area (Å²) in [4.78, 5) is 6.40. The number of alkyl halides is 3. The number of rotatable bonds is 2. The fourth-order valence-electron chi connectivity index (χ4n) is 2.13. The van der Waals surface area contributed by atoms with Crippen LogP contribution in [-0.2, 0) is 6.18 Å². The van der Waals surface area contributed by atoms with Gasteiger partial charge < -0.3 is 4.90 Å². The first kappa shape index (κ1) is 14.8. The molecule has 114 valence electrons.